The van der Waals surface area contributed by atoms with Crippen molar-refractivity contribution in [1.82, 2.24) is 24.6 Å². The zero-order valence-corrected chi connectivity index (χ0v) is 19.1. The van der Waals surface area contributed by atoms with Crippen LogP contribution in [0, 0.1) is 10.1 Å². The third-order valence-electron chi connectivity index (χ3n) is 5.83. The normalized spacial score (nSPS) is 16.2. The largest absolute Gasteiger partial charge is 0.338 e. The van der Waals surface area contributed by atoms with Crippen molar-refractivity contribution in [3.63, 3.8) is 0 Å². The summed E-state index contributed by atoms with van der Waals surface area (Å²) < 4.78 is 2.40. The van der Waals surface area contributed by atoms with Crippen molar-refractivity contribution in [3.05, 3.63) is 68.2 Å². The van der Waals surface area contributed by atoms with E-state index in [1.807, 2.05) is 24.3 Å². The number of anilines is 1. The minimum atomic E-state index is -0.368. The summed E-state index contributed by atoms with van der Waals surface area (Å²) in [5, 5.41) is 20.9. The van der Waals surface area contributed by atoms with Crippen LogP contribution < -0.4 is 4.90 Å². The van der Waals surface area contributed by atoms with Crippen molar-refractivity contribution in [2.75, 3.05) is 37.6 Å². The van der Waals surface area contributed by atoms with Crippen molar-refractivity contribution in [2.24, 2.45) is 4.99 Å². The molecule has 0 N–H and O–H groups in total. The standard InChI is InChI=1S/C21H21BrN8O2/c1-2-27-7-9-28(10-8-27)21-26-25-18-13-24-19(16-5-3-4-6-23-16)15-11-14(22)12-17(30(31)32)20(15)29(18)21/h3-6,11-12H,2,7-10,13H2,1H3. The van der Waals surface area contributed by atoms with E-state index in [-0.39, 0.29) is 17.2 Å². The lowest BCUT2D eigenvalue weighted by molar-refractivity contribution is -0.384. The maximum absolute atomic E-state index is 12.1. The van der Waals surface area contributed by atoms with Gasteiger partial charge in [0.15, 0.2) is 5.82 Å². The second-order valence-corrected chi connectivity index (χ2v) is 8.55. The molecule has 2 aliphatic heterocycles. The Morgan fingerprint density at radius 1 is 1.16 bits per heavy atom. The molecule has 1 fully saturated rings. The van der Waals surface area contributed by atoms with Crippen LogP contribution in [-0.2, 0) is 6.54 Å². The van der Waals surface area contributed by atoms with E-state index in [4.69, 9.17) is 4.99 Å². The fourth-order valence-corrected chi connectivity index (χ4v) is 4.65. The summed E-state index contributed by atoms with van der Waals surface area (Å²) in [5.74, 6) is 1.18. The molecule has 10 nitrogen and oxygen atoms in total. The molecule has 0 radical (unpaired) electrons. The van der Waals surface area contributed by atoms with Gasteiger partial charge in [0.1, 0.15) is 12.2 Å². The Hall–Kier alpha value is -3.18. The molecule has 3 aromatic rings. The van der Waals surface area contributed by atoms with Crippen LogP contribution in [0.1, 0.15) is 24.0 Å². The molecule has 0 amide bonds. The molecule has 5 rings (SSSR count). The predicted octanol–water partition coefficient (Wildman–Crippen LogP) is 2.83. The Labute approximate surface area is 192 Å². The number of hydrogen-bond donors (Lipinski definition) is 0. The molecule has 164 valence electrons. The molecule has 11 heteroatoms. The maximum Gasteiger partial charge on any atom is 0.295 e. The topological polar surface area (TPSA) is 106 Å². The van der Waals surface area contributed by atoms with Gasteiger partial charge >= 0.3 is 0 Å². The van der Waals surface area contributed by atoms with Gasteiger partial charge in [0.25, 0.3) is 5.69 Å². The lowest BCUT2D eigenvalue weighted by Crippen LogP contribution is -2.47. The van der Waals surface area contributed by atoms with Crippen LogP contribution in [0.5, 0.6) is 0 Å². The van der Waals surface area contributed by atoms with Gasteiger partial charge in [0, 0.05) is 48.5 Å². The average molecular weight is 497 g/mol. The van der Waals surface area contributed by atoms with Crippen LogP contribution in [0.2, 0.25) is 0 Å². The maximum atomic E-state index is 12.1. The highest BCUT2D eigenvalue weighted by Gasteiger charge is 2.33. The van der Waals surface area contributed by atoms with Gasteiger partial charge in [-0.25, -0.2) is 0 Å². The van der Waals surface area contributed by atoms with Crippen molar-refractivity contribution in [1.29, 1.82) is 0 Å². The summed E-state index contributed by atoms with van der Waals surface area (Å²) in [6.07, 6.45) is 1.69. The summed E-state index contributed by atoms with van der Waals surface area (Å²) in [6.45, 7) is 6.76. The highest BCUT2D eigenvalue weighted by Crippen LogP contribution is 2.37. The molecular weight excluding hydrogens is 476 g/mol. The number of halogens is 1. The van der Waals surface area contributed by atoms with E-state index in [0.29, 0.717) is 38.9 Å². The highest BCUT2D eigenvalue weighted by molar-refractivity contribution is 9.10. The van der Waals surface area contributed by atoms with Crippen molar-refractivity contribution in [2.45, 2.75) is 13.5 Å². The monoisotopic (exact) mass is 496 g/mol. The number of nitrogens with zero attached hydrogens (tertiary/aromatic N) is 8. The second-order valence-electron chi connectivity index (χ2n) is 7.63. The molecule has 0 atom stereocenters. The summed E-state index contributed by atoms with van der Waals surface area (Å²) in [6, 6.07) is 8.92. The van der Waals surface area contributed by atoms with Gasteiger partial charge in [-0.15, -0.1) is 10.2 Å². The summed E-state index contributed by atoms with van der Waals surface area (Å²) in [7, 11) is 0. The lowest BCUT2D eigenvalue weighted by atomic mass is 10.0. The smallest absolute Gasteiger partial charge is 0.295 e. The summed E-state index contributed by atoms with van der Waals surface area (Å²) >= 11 is 3.44. The number of hydrogen-bond acceptors (Lipinski definition) is 8. The molecule has 1 aromatic carbocycles. The quantitative estimate of drug-likeness (QED) is 0.403. The molecule has 0 saturated carbocycles. The van der Waals surface area contributed by atoms with Gasteiger partial charge in [-0.1, -0.05) is 28.9 Å². The van der Waals surface area contributed by atoms with Crippen LogP contribution in [-0.4, -0.2) is 68.0 Å². The first-order valence-electron chi connectivity index (χ1n) is 10.4. The first-order chi connectivity index (χ1) is 15.6. The van der Waals surface area contributed by atoms with Crippen LogP contribution in [0.15, 0.2) is 46.0 Å². The molecule has 0 aliphatic carbocycles. The van der Waals surface area contributed by atoms with E-state index in [1.54, 1.807) is 10.8 Å². The fourth-order valence-electron chi connectivity index (χ4n) is 4.20. The van der Waals surface area contributed by atoms with E-state index in [1.165, 1.54) is 6.07 Å². The number of aromatic nitrogens is 4. The van der Waals surface area contributed by atoms with Crippen LogP contribution >= 0.6 is 15.9 Å². The highest BCUT2D eigenvalue weighted by atomic mass is 79.9. The minimum absolute atomic E-state index is 0.0330. The number of aliphatic imine (C=N–C) groups is 1. The van der Waals surface area contributed by atoms with Crippen LogP contribution in [0.3, 0.4) is 0 Å². The van der Waals surface area contributed by atoms with Gasteiger partial charge in [-0.3, -0.25) is 24.7 Å². The van der Waals surface area contributed by atoms with Gasteiger partial charge in [-0.05, 0) is 24.7 Å². The zero-order chi connectivity index (χ0) is 22.2. The Morgan fingerprint density at radius 3 is 2.66 bits per heavy atom. The van der Waals surface area contributed by atoms with E-state index < -0.39 is 0 Å². The van der Waals surface area contributed by atoms with Crippen molar-refractivity contribution >= 4 is 33.3 Å². The number of likely N-dealkylation sites (N-methyl/N-ethyl adjacent to an activating group) is 1. The first kappa shape index (κ1) is 20.7. The van der Waals surface area contributed by atoms with Crippen LogP contribution in [0.25, 0.3) is 5.69 Å². The molecular formula is C21H21BrN8O2. The number of fused-ring (bicyclic) bond motifs is 3. The molecule has 0 bridgehead atoms. The Kier molecular flexibility index (Phi) is 5.43. The summed E-state index contributed by atoms with van der Waals surface area (Å²) in [4.78, 5) is 25.5. The molecule has 2 aromatic heterocycles. The van der Waals surface area contributed by atoms with E-state index in [0.717, 1.165) is 32.7 Å². The van der Waals surface area contributed by atoms with E-state index in [2.05, 4.69) is 47.8 Å². The predicted molar refractivity (Wildman–Crippen MR) is 124 cm³/mol. The number of nitro groups is 1. The fraction of sp³-hybridized carbons (Fsp3) is 0.333. The minimum Gasteiger partial charge on any atom is -0.338 e. The SMILES string of the molecule is CCN1CCN(c2nnc3n2-c2c(cc(Br)cc2[N+](=O)[O-])C(c2ccccn2)=NC3)CC1. The second kappa shape index (κ2) is 8.40. The third kappa shape index (κ3) is 3.56. The number of pyridine rings is 1. The Balaban J connectivity index is 1.71. The average Bonchev–Trinajstić information content (AvgIpc) is 3.16. The van der Waals surface area contributed by atoms with E-state index >= 15 is 0 Å². The third-order valence-corrected chi connectivity index (χ3v) is 6.29. The molecule has 0 unspecified atom stereocenters. The Morgan fingerprint density at radius 2 is 1.97 bits per heavy atom. The molecule has 2 aliphatic rings. The summed E-state index contributed by atoms with van der Waals surface area (Å²) in [5.41, 5.74) is 2.26. The van der Waals surface area contributed by atoms with Gasteiger partial charge in [0.05, 0.1) is 16.3 Å². The lowest BCUT2D eigenvalue weighted by Gasteiger charge is -2.34. The zero-order valence-electron chi connectivity index (χ0n) is 17.5. The Bertz CT molecular complexity index is 1200. The van der Waals surface area contributed by atoms with E-state index in [9.17, 15) is 10.1 Å². The van der Waals surface area contributed by atoms with Crippen molar-refractivity contribution < 1.29 is 4.92 Å². The first-order valence-corrected chi connectivity index (χ1v) is 11.2. The molecule has 0 spiro atoms. The molecule has 32 heavy (non-hydrogen) atoms. The van der Waals surface area contributed by atoms with Gasteiger partial charge in [0.2, 0.25) is 5.95 Å². The van der Waals surface area contributed by atoms with Crippen LogP contribution in [0.4, 0.5) is 11.6 Å². The number of rotatable bonds is 4. The van der Waals surface area contributed by atoms with Crippen molar-refractivity contribution in [3.8, 4) is 5.69 Å². The van der Waals surface area contributed by atoms with Gasteiger partial charge < -0.3 is 9.80 Å². The van der Waals surface area contributed by atoms with Gasteiger partial charge in [-0.2, -0.15) is 0 Å². The number of nitro benzene ring substituents is 1. The number of benzene rings is 1. The number of piperazine rings is 1. The molecule has 1 saturated heterocycles. The molecule has 4 heterocycles.